The maximum Gasteiger partial charge on any atom is 0.262 e. The Morgan fingerprint density at radius 2 is 1.47 bits per heavy atom. The van der Waals surface area contributed by atoms with Gasteiger partial charge >= 0.3 is 0 Å². The number of rotatable bonds is 15. The fourth-order valence-corrected chi connectivity index (χ4v) is 10.2. The van der Waals surface area contributed by atoms with Crippen molar-refractivity contribution in [2.45, 2.75) is 57.5 Å². The van der Waals surface area contributed by atoms with Gasteiger partial charge in [-0.1, -0.05) is 0 Å². The van der Waals surface area contributed by atoms with Crippen molar-refractivity contribution in [2.75, 3.05) is 75.0 Å². The molecule has 1 aliphatic carbocycles. The average Bonchev–Trinajstić information content (AvgIpc) is 4.19. The number of amides is 7. The van der Waals surface area contributed by atoms with Crippen molar-refractivity contribution in [3.8, 4) is 17.2 Å². The van der Waals surface area contributed by atoms with Crippen molar-refractivity contribution in [3.63, 3.8) is 0 Å². The van der Waals surface area contributed by atoms with E-state index < -0.39 is 40.9 Å². The first-order chi connectivity index (χ1) is 35.3. The number of fused-ring (bicyclic) bond motifs is 2. The van der Waals surface area contributed by atoms with Crippen LogP contribution in [0.5, 0.6) is 17.2 Å². The third kappa shape index (κ3) is 10.4. The summed E-state index contributed by atoms with van der Waals surface area (Å²) in [4.78, 5) is 104. The highest BCUT2D eigenvalue weighted by Crippen LogP contribution is 2.48. The molecular weight excluding hydrogens is 938 g/mol. The highest BCUT2D eigenvalue weighted by Gasteiger charge is 2.56. The minimum atomic E-state index is -1.20. The predicted molar refractivity (Wildman–Crippen MR) is 268 cm³/mol. The lowest BCUT2D eigenvalue weighted by Crippen LogP contribution is -2.52. The predicted octanol–water partition coefficient (Wildman–Crippen LogP) is 5.47. The zero-order valence-corrected chi connectivity index (χ0v) is 40.4. The highest BCUT2D eigenvalue weighted by atomic mass is 19.1. The van der Waals surface area contributed by atoms with Gasteiger partial charge in [-0.05, 0) is 129 Å². The van der Waals surface area contributed by atoms with Crippen molar-refractivity contribution in [1.82, 2.24) is 30.3 Å². The van der Waals surface area contributed by atoms with E-state index in [0.717, 1.165) is 29.0 Å². The quantitative estimate of drug-likeness (QED) is 0.0760. The fraction of sp³-hybridized carbons (Fsp3) is 0.370. The number of pyridine rings is 1. The lowest BCUT2D eigenvalue weighted by molar-refractivity contribution is -0.134. The number of ether oxygens (including phenoxy) is 2. The van der Waals surface area contributed by atoms with Gasteiger partial charge in [0.25, 0.3) is 11.8 Å². The number of methoxy groups -OCH3 is 1. The normalized spacial score (nSPS) is 18.7. The van der Waals surface area contributed by atoms with Crippen LogP contribution in [-0.2, 0) is 30.5 Å². The first-order valence-electron chi connectivity index (χ1n) is 24.8. The van der Waals surface area contributed by atoms with Gasteiger partial charge < -0.3 is 40.5 Å². The van der Waals surface area contributed by atoms with Crippen molar-refractivity contribution in [2.24, 2.45) is 11.3 Å². The molecule has 4 fully saturated rings. The standard InChI is InChI=1S/C54H56FN9O9/c1-72-46-30-42-43(56-20-14-45(42)73-39-11-8-37(9-12-39)60-53(71)54(17-18-54)52(70)59-36-6-4-35(55)5-7-36)28-34(46)31-58-47(65)27-33-15-21-63(22-16-33)48(66)32-61-23-25-62(26-24-61)38-10-13-40-41(29-38)51(69)64(50(40)68)44-3-2-19-57-49(44)67/h4-14,20,28-30,33,44H,2-3,15-19,21-27,31-32H2,1H3,(H,57,67)(H,58,65)(H,59,70)(H,60,71). The van der Waals surface area contributed by atoms with E-state index in [0.29, 0.717) is 135 Å². The Bertz CT molecular complexity index is 2990. The zero-order chi connectivity index (χ0) is 50.8. The number of likely N-dealkylation sites (tertiary alicyclic amines) is 1. The Labute approximate surface area is 420 Å². The summed E-state index contributed by atoms with van der Waals surface area (Å²) < 4.78 is 25.3. The molecule has 1 unspecified atom stereocenters. The van der Waals surface area contributed by atoms with E-state index in [1.54, 1.807) is 55.8 Å². The number of anilines is 3. The number of benzene rings is 4. The van der Waals surface area contributed by atoms with Gasteiger partial charge in [0.2, 0.25) is 29.5 Å². The van der Waals surface area contributed by atoms with Crippen LogP contribution in [-0.4, -0.2) is 127 Å². The molecule has 4 N–H and O–H groups in total. The number of carbonyl (C=O) groups excluding carboxylic acids is 7. The second-order valence-electron chi connectivity index (χ2n) is 19.3. The second kappa shape index (κ2) is 20.7. The number of aromatic nitrogens is 1. The third-order valence-corrected chi connectivity index (χ3v) is 14.6. The largest absolute Gasteiger partial charge is 0.496 e. The molecule has 19 heteroatoms. The number of hydrogen-bond acceptors (Lipinski definition) is 12. The monoisotopic (exact) mass is 993 g/mol. The Hall–Kier alpha value is -7.93. The summed E-state index contributed by atoms with van der Waals surface area (Å²) in [7, 11) is 1.56. The molecule has 3 saturated heterocycles. The summed E-state index contributed by atoms with van der Waals surface area (Å²) >= 11 is 0. The first kappa shape index (κ1) is 48.7. The van der Waals surface area contributed by atoms with Gasteiger partial charge in [0.15, 0.2) is 0 Å². The Morgan fingerprint density at radius 3 is 2.14 bits per heavy atom. The van der Waals surface area contributed by atoms with Crippen molar-refractivity contribution >= 4 is 69.3 Å². The van der Waals surface area contributed by atoms with Gasteiger partial charge in [0.05, 0.1) is 30.3 Å². The van der Waals surface area contributed by atoms with Gasteiger partial charge in [-0.3, -0.25) is 48.3 Å². The van der Waals surface area contributed by atoms with Crippen LogP contribution in [0, 0.1) is 17.2 Å². The Kier molecular flexibility index (Phi) is 13.8. The molecule has 4 aromatic carbocycles. The molecule has 0 bridgehead atoms. The molecule has 0 spiro atoms. The van der Waals surface area contributed by atoms with Crippen LogP contribution in [0.2, 0.25) is 0 Å². The van der Waals surface area contributed by atoms with E-state index in [-0.39, 0.29) is 30.2 Å². The summed E-state index contributed by atoms with van der Waals surface area (Å²) in [5, 5.41) is 12.0. The molecule has 7 amide bonds. The van der Waals surface area contributed by atoms with E-state index in [1.165, 1.54) is 24.3 Å². The number of carbonyl (C=O) groups is 7. The average molecular weight is 994 g/mol. The third-order valence-electron chi connectivity index (χ3n) is 14.6. The molecular formula is C54H56FN9O9. The van der Waals surface area contributed by atoms with Gasteiger partial charge in [-0.15, -0.1) is 0 Å². The number of nitrogens with one attached hydrogen (secondary N) is 4. The number of hydrogen-bond donors (Lipinski definition) is 4. The molecule has 378 valence electrons. The molecule has 5 aromatic rings. The van der Waals surface area contributed by atoms with Crippen LogP contribution in [0.25, 0.3) is 10.9 Å². The van der Waals surface area contributed by atoms with E-state index in [9.17, 15) is 38.0 Å². The van der Waals surface area contributed by atoms with Gasteiger partial charge in [-0.25, -0.2) is 4.39 Å². The SMILES string of the molecule is COc1cc2c(Oc3ccc(NC(=O)C4(C(=O)Nc5ccc(F)cc5)CC4)cc3)ccnc2cc1CNC(=O)CC1CCN(C(=O)CN2CCN(c3ccc4c(c3)C(=O)N(C3CCCNC3=O)C4=O)CC2)CC1. The molecule has 1 atom stereocenters. The highest BCUT2D eigenvalue weighted by molar-refractivity contribution is 6.23. The maximum absolute atomic E-state index is 13.4. The summed E-state index contributed by atoms with van der Waals surface area (Å²) in [6.45, 7) is 4.82. The van der Waals surface area contributed by atoms with Crippen LogP contribution >= 0.6 is 0 Å². The molecule has 5 heterocycles. The molecule has 4 aliphatic heterocycles. The van der Waals surface area contributed by atoms with Gasteiger partial charge in [0.1, 0.15) is 34.5 Å². The van der Waals surface area contributed by atoms with Gasteiger partial charge in [-0.2, -0.15) is 0 Å². The molecule has 0 radical (unpaired) electrons. The lowest BCUT2D eigenvalue weighted by Gasteiger charge is -2.38. The number of nitrogens with zero attached hydrogens (tertiary/aromatic N) is 5. The van der Waals surface area contributed by atoms with Crippen molar-refractivity contribution in [3.05, 3.63) is 114 Å². The molecule has 1 aromatic heterocycles. The summed E-state index contributed by atoms with van der Waals surface area (Å²) in [6, 6.07) is 22.0. The van der Waals surface area contributed by atoms with Crippen LogP contribution in [0.4, 0.5) is 21.5 Å². The number of halogens is 1. The molecule has 73 heavy (non-hydrogen) atoms. The Morgan fingerprint density at radius 1 is 0.781 bits per heavy atom. The minimum Gasteiger partial charge on any atom is -0.496 e. The fourth-order valence-electron chi connectivity index (χ4n) is 10.2. The van der Waals surface area contributed by atoms with Gasteiger partial charge in [0, 0.05) is 93.0 Å². The van der Waals surface area contributed by atoms with E-state index in [2.05, 4.69) is 36.1 Å². The zero-order valence-electron chi connectivity index (χ0n) is 40.4. The Balaban J connectivity index is 0.659. The molecule has 5 aliphatic rings. The van der Waals surface area contributed by atoms with Crippen LogP contribution in [0.3, 0.4) is 0 Å². The maximum atomic E-state index is 13.4. The number of piperidine rings is 2. The molecule has 1 saturated carbocycles. The lowest BCUT2D eigenvalue weighted by atomic mass is 9.93. The van der Waals surface area contributed by atoms with Crippen LogP contribution < -0.4 is 35.6 Å². The van der Waals surface area contributed by atoms with Crippen LogP contribution in [0.15, 0.2) is 91.1 Å². The number of imide groups is 1. The number of piperazine rings is 1. The smallest absolute Gasteiger partial charge is 0.262 e. The summed E-state index contributed by atoms with van der Waals surface area (Å²) in [6.07, 6.45) is 5.37. The molecule has 10 rings (SSSR count). The summed E-state index contributed by atoms with van der Waals surface area (Å²) in [5.41, 5.74) is 2.54. The van der Waals surface area contributed by atoms with E-state index in [4.69, 9.17) is 9.47 Å². The topological polar surface area (TPSA) is 212 Å². The molecule has 18 nitrogen and oxygen atoms in total. The van der Waals surface area contributed by atoms with Crippen molar-refractivity contribution < 1.29 is 47.4 Å². The van der Waals surface area contributed by atoms with E-state index >= 15 is 0 Å². The first-order valence-corrected chi connectivity index (χ1v) is 24.8. The summed E-state index contributed by atoms with van der Waals surface area (Å²) in [5.74, 6) is -0.792. The van der Waals surface area contributed by atoms with Crippen molar-refractivity contribution in [1.29, 1.82) is 0 Å². The second-order valence-corrected chi connectivity index (χ2v) is 19.3. The van der Waals surface area contributed by atoms with Crippen LogP contribution in [0.1, 0.15) is 71.2 Å². The minimum absolute atomic E-state index is 0.0610. The van der Waals surface area contributed by atoms with E-state index in [1.807, 2.05) is 23.1 Å².